The highest BCUT2D eigenvalue weighted by Gasteiger charge is 2.21. The standard InChI is InChI=1S/C12H11BN/c1-9-10-5-2-3-6-11(10)12-7-4-8-14(12)13-9/h2-9H,1H3. The molecule has 3 rings (SSSR count). The third kappa shape index (κ3) is 0.970. The van der Waals surface area contributed by atoms with Gasteiger partial charge in [0, 0.05) is 5.69 Å². The smallest absolute Gasteiger partial charge is 0.259 e. The van der Waals surface area contributed by atoms with Crippen LogP contribution in [0.15, 0.2) is 42.6 Å². The van der Waals surface area contributed by atoms with Gasteiger partial charge in [-0.3, -0.25) is 0 Å². The number of rotatable bonds is 0. The van der Waals surface area contributed by atoms with Crippen LogP contribution in [-0.2, 0) is 0 Å². The summed E-state index contributed by atoms with van der Waals surface area (Å²) in [7, 11) is 2.26. The fourth-order valence-electron chi connectivity index (χ4n) is 2.20. The van der Waals surface area contributed by atoms with Gasteiger partial charge in [0.25, 0.3) is 7.41 Å². The van der Waals surface area contributed by atoms with E-state index in [1.165, 1.54) is 16.8 Å². The van der Waals surface area contributed by atoms with Crippen LogP contribution >= 0.6 is 0 Å². The SMILES string of the molecule is CC1[B]n2cccc2-c2ccccc21. The summed E-state index contributed by atoms with van der Waals surface area (Å²) in [6.07, 6.45) is 2.11. The average molecular weight is 180 g/mol. The Bertz CT molecular complexity index is 473. The Morgan fingerprint density at radius 3 is 2.93 bits per heavy atom. The first-order valence-electron chi connectivity index (χ1n) is 4.97. The van der Waals surface area contributed by atoms with Crippen molar-refractivity contribution in [2.75, 3.05) is 0 Å². The van der Waals surface area contributed by atoms with E-state index in [0.29, 0.717) is 5.82 Å². The van der Waals surface area contributed by atoms with Gasteiger partial charge in [-0.25, -0.2) is 0 Å². The third-order valence-corrected chi connectivity index (χ3v) is 2.89. The Kier molecular flexibility index (Phi) is 1.57. The van der Waals surface area contributed by atoms with Crippen molar-refractivity contribution in [2.45, 2.75) is 12.7 Å². The molecule has 1 atom stereocenters. The lowest BCUT2D eigenvalue weighted by atomic mass is 9.67. The Labute approximate surface area is 84.6 Å². The molecule has 0 spiro atoms. The molecule has 2 heteroatoms. The lowest BCUT2D eigenvalue weighted by molar-refractivity contribution is 0.992. The number of hydrogen-bond donors (Lipinski definition) is 0. The Morgan fingerprint density at radius 1 is 1.14 bits per heavy atom. The fourth-order valence-corrected chi connectivity index (χ4v) is 2.20. The molecule has 1 aromatic heterocycles. The zero-order valence-corrected chi connectivity index (χ0v) is 8.14. The van der Waals surface area contributed by atoms with Gasteiger partial charge >= 0.3 is 0 Å². The van der Waals surface area contributed by atoms with Crippen LogP contribution in [0.4, 0.5) is 0 Å². The maximum absolute atomic E-state index is 2.26. The van der Waals surface area contributed by atoms with Gasteiger partial charge in [-0.15, -0.1) is 0 Å². The topological polar surface area (TPSA) is 4.93 Å². The van der Waals surface area contributed by atoms with Crippen molar-refractivity contribution in [3.63, 3.8) is 0 Å². The van der Waals surface area contributed by atoms with Crippen LogP contribution in [0.25, 0.3) is 11.3 Å². The third-order valence-electron chi connectivity index (χ3n) is 2.89. The zero-order valence-electron chi connectivity index (χ0n) is 8.14. The highest BCUT2D eigenvalue weighted by Crippen LogP contribution is 2.33. The van der Waals surface area contributed by atoms with E-state index in [2.05, 4.69) is 61.4 Å². The second-order valence-electron chi connectivity index (χ2n) is 3.83. The summed E-state index contributed by atoms with van der Waals surface area (Å²) in [5, 5.41) is 0. The van der Waals surface area contributed by atoms with Crippen LogP contribution in [-0.4, -0.2) is 11.9 Å². The van der Waals surface area contributed by atoms with Crippen molar-refractivity contribution in [2.24, 2.45) is 0 Å². The molecule has 0 bridgehead atoms. The molecule has 0 aliphatic carbocycles. The lowest BCUT2D eigenvalue weighted by Gasteiger charge is -2.23. The van der Waals surface area contributed by atoms with E-state index in [-0.39, 0.29) is 0 Å². The highest BCUT2D eigenvalue weighted by atomic mass is 14.9. The second-order valence-corrected chi connectivity index (χ2v) is 3.83. The first-order valence-corrected chi connectivity index (χ1v) is 4.97. The normalized spacial score (nSPS) is 18.2. The molecule has 0 amide bonds. The molecule has 1 radical (unpaired) electrons. The summed E-state index contributed by atoms with van der Waals surface area (Å²) in [4.78, 5) is 0. The molecule has 14 heavy (non-hydrogen) atoms. The van der Waals surface area contributed by atoms with E-state index < -0.39 is 0 Å². The Hall–Kier alpha value is -1.44. The van der Waals surface area contributed by atoms with Crippen molar-refractivity contribution >= 4 is 7.41 Å². The van der Waals surface area contributed by atoms with Crippen molar-refractivity contribution in [3.8, 4) is 11.3 Å². The van der Waals surface area contributed by atoms with Gasteiger partial charge in [-0.05, 0) is 35.3 Å². The van der Waals surface area contributed by atoms with Gasteiger partial charge in [0.15, 0.2) is 0 Å². The largest absolute Gasteiger partial charge is 0.396 e. The number of fused-ring (bicyclic) bond motifs is 3. The first-order chi connectivity index (χ1) is 6.86. The molecule has 0 saturated carbocycles. The fraction of sp³-hybridized carbons (Fsp3) is 0.167. The molecule has 1 aliphatic heterocycles. The molecule has 1 unspecified atom stereocenters. The number of aromatic nitrogens is 1. The molecule has 0 fully saturated rings. The van der Waals surface area contributed by atoms with Crippen molar-refractivity contribution < 1.29 is 0 Å². The van der Waals surface area contributed by atoms with Gasteiger partial charge < -0.3 is 4.48 Å². The van der Waals surface area contributed by atoms with E-state index in [1.807, 2.05) is 0 Å². The second kappa shape index (κ2) is 2.78. The maximum atomic E-state index is 2.26. The molecular weight excluding hydrogens is 169 g/mol. The van der Waals surface area contributed by atoms with Crippen LogP contribution in [0.1, 0.15) is 18.3 Å². The van der Waals surface area contributed by atoms with Crippen molar-refractivity contribution in [3.05, 3.63) is 48.2 Å². The number of hydrogen-bond acceptors (Lipinski definition) is 0. The molecule has 1 nitrogen and oxygen atoms in total. The predicted octanol–water partition coefficient (Wildman–Crippen LogP) is 2.70. The molecule has 2 aromatic rings. The molecule has 0 N–H and O–H groups in total. The van der Waals surface area contributed by atoms with Crippen LogP contribution in [0.2, 0.25) is 0 Å². The molecule has 0 saturated heterocycles. The van der Waals surface area contributed by atoms with Gasteiger partial charge in [0.05, 0.1) is 0 Å². The van der Waals surface area contributed by atoms with Crippen LogP contribution < -0.4 is 0 Å². The van der Waals surface area contributed by atoms with E-state index in [9.17, 15) is 0 Å². The summed E-state index contributed by atoms with van der Waals surface area (Å²) in [5.41, 5.74) is 4.10. The van der Waals surface area contributed by atoms with Gasteiger partial charge in [0.1, 0.15) is 0 Å². The van der Waals surface area contributed by atoms with E-state index >= 15 is 0 Å². The Balaban J connectivity index is 2.30. The molecule has 67 valence electrons. The van der Waals surface area contributed by atoms with E-state index in [4.69, 9.17) is 0 Å². The molecule has 1 aliphatic rings. The predicted molar refractivity (Wildman–Crippen MR) is 59.4 cm³/mol. The summed E-state index contributed by atoms with van der Waals surface area (Å²) in [5.74, 6) is 0.506. The highest BCUT2D eigenvalue weighted by molar-refractivity contribution is 6.38. The minimum atomic E-state index is 0.506. The summed E-state index contributed by atoms with van der Waals surface area (Å²) in [6.45, 7) is 2.24. The summed E-state index contributed by atoms with van der Waals surface area (Å²) >= 11 is 0. The minimum absolute atomic E-state index is 0.506. The van der Waals surface area contributed by atoms with Gasteiger partial charge in [-0.1, -0.05) is 31.2 Å². The van der Waals surface area contributed by atoms with Crippen LogP contribution in [0.3, 0.4) is 0 Å². The average Bonchev–Trinajstić information content (AvgIpc) is 2.66. The van der Waals surface area contributed by atoms with Crippen LogP contribution in [0.5, 0.6) is 0 Å². The summed E-state index contributed by atoms with van der Waals surface area (Å²) < 4.78 is 2.22. The van der Waals surface area contributed by atoms with E-state index in [0.717, 1.165) is 0 Å². The monoisotopic (exact) mass is 180 g/mol. The number of nitrogens with zero attached hydrogens (tertiary/aromatic N) is 1. The lowest BCUT2D eigenvalue weighted by Crippen LogP contribution is -2.20. The van der Waals surface area contributed by atoms with Crippen molar-refractivity contribution in [1.29, 1.82) is 0 Å². The maximum Gasteiger partial charge on any atom is 0.259 e. The van der Waals surface area contributed by atoms with Gasteiger partial charge in [-0.2, -0.15) is 0 Å². The quantitative estimate of drug-likeness (QED) is 0.549. The minimum Gasteiger partial charge on any atom is -0.396 e. The molecule has 2 heterocycles. The zero-order chi connectivity index (χ0) is 9.54. The van der Waals surface area contributed by atoms with Gasteiger partial charge in [0.2, 0.25) is 0 Å². The van der Waals surface area contributed by atoms with Crippen LogP contribution in [0, 0.1) is 0 Å². The first kappa shape index (κ1) is 7.92. The summed E-state index contributed by atoms with van der Waals surface area (Å²) in [6, 6.07) is 12.9. The Morgan fingerprint density at radius 2 is 2.00 bits per heavy atom. The van der Waals surface area contributed by atoms with E-state index in [1.54, 1.807) is 0 Å². The number of benzene rings is 1. The molecule has 1 aromatic carbocycles. The van der Waals surface area contributed by atoms with Crippen molar-refractivity contribution in [1.82, 2.24) is 4.48 Å². The molecular formula is C12H11BN.